The lowest BCUT2D eigenvalue weighted by Gasteiger charge is -2.28. The second kappa shape index (κ2) is 28.2. The van der Waals surface area contributed by atoms with E-state index in [2.05, 4.69) is 51.0 Å². The highest BCUT2D eigenvalue weighted by atomic mass is 19.4. The van der Waals surface area contributed by atoms with Gasteiger partial charge in [-0.1, -0.05) is 60.7 Å². The van der Waals surface area contributed by atoms with Crippen LogP contribution in [0.2, 0.25) is 0 Å². The number of amides is 4. The van der Waals surface area contributed by atoms with Crippen molar-refractivity contribution in [3.05, 3.63) is 167 Å². The first-order valence-corrected chi connectivity index (χ1v) is 27.2. The van der Waals surface area contributed by atoms with E-state index in [1.54, 1.807) is 36.4 Å². The zero-order valence-electron chi connectivity index (χ0n) is 47.6. The molecule has 0 saturated carbocycles. The molecule has 0 aliphatic carbocycles. The first kappa shape index (κ1) is 64.4. The summed E-state index contributed by atoms with van der Waals surface area (Å²) in [6.07, 6.45) is -8.36. The Hall–Kier alpha value is -9.16. The summed E-state index contributed by atoms with van der Waals surface area (Å²) >= 11 is 0. The predicted molar refractivity (Wildman–Crippen MR) is 298 cm³/mol. The Morgan fingerprint density at radius 1 is 0.442 bits per heavy atom. The summed E-state index contributed by atoms with van der Waals surface area (Å²) in [6.45, 7) is 8.37. The lowest BCUT2D eigenvalue weighted by molar-refractivity contribution is -0.888. The average Bonchev–Trinajstić information content (AvgIpc) is 2.92. The monoisotopic (exact) mass is 1200 g/mol. The fourth-order valence-corrected chi connectivity index (χ4v) is 9.41. The van der Waals surface area contributed by atoms with E-state index in [9.17, 15) is 45.5 Å². The Labute approximate surface area is 492 Å². The minimum absolute atomic E-state index is 0.0888. The van der Waals surface area contributed by atoms with Gasteiger partial charge in [0.15, 0.2) is 23.0 Å². The van der Waals surface area contributed by atoms with Crippen LogP contribution in [0.1, 0.15) is 65.4 Å². The number of hydrogen-bond acceptors (Lipinski definition) is 12. The van der Waals surface area contributed by atoms with E-state index in [1.165, 1.54) is 0 Å². The van der Waals surface area contributed by atoms with Crippen molar-refractivity contribution in [2.45, 2.75) is 38.3 Å². The van der Waals surface area contributed by atoms with Crippen LogP contribution >= 0.6 is 0 Å². The maximum Gasteiger partial charge on any atom is 0.430 e. The molecule has 4 amide bonds. The second-order valence-corrected chi connectivity index (χ2v) is 21.7. The van der Waals surface area contributed by atoms with Crippen molar-refractivity contribution >= 4 is 35.6 Å². The van der Waals surface area contributed by atoms with Crippen molar-refractivity contribution < 1.29 is 93.2 Å². The molecule has 4 aliphatic heterocycles. The topological polar surface area (TPSA) is 216 Å². The zero-order valence-corrected chi connectivity index (χ0v) is 47.6. The van der Waals surface area contributed by atoms with Gasteiger partial charge in [-0.3, -0.25) is 19.2 Å². The average molecular weight is 1200 g/mol. The van der Waals surface area contributed by atoms with Crippen LogP contribution in [-0.4, -0.2) is 161 Å². The summed E-state index contributed by atoms with van der Waals surface area (Å²) in [7, 11) is 8.89. The van der Waals surface area contributed by atoms with E-state index >= 15 is 0 Å². The normalized spacial score (nSPS) is 15.5. The quantitative estimate of drug-likeness (QED) is 0.112. The minimum Gasteiger partial charge on any atom is -0.542 e. The number of hydrogen-bond donors (Lipinski definition) is 2. The molecule has 4 heterocycles. The minimum atomic E-state index is -5.19. The summed E-state index contributed by atoms with van der Waals surface area (Å²) in [4.78, 5) is 73.3. The molecule has 24 heteroatoms. The van der Waals surface area contributed by atoms with Gasteiger partial charge in [-0.05, 0) is 106 Å². The van der Waals surface area contributed by atoms with Crippen molar-refractivity contribution in [1.29, 1.82) is 0 Å². The van der Waals surface area contributed by atoms with Crippen LogP contribution in [0.5, 0.6) is 23.0 Å². The molecule has 0 spiro atoms. The largest absolute Gasteiger partial charge is 0.542 e. The summed E-state index contributed by atoms with van der Waals surface area (Å²) in [5.74, 6) is -3.71. The molecule has 0 bridgehead atoms. The molecular weight excluding hydrogens is 1130 g/mol. The number of carbonyl (C=O) groups is 6. The third-order valence-electron chi connectivity index (χ3n) is 14.3. The molecule has 4 aliphatic rings. The number of carboxylic acids is 2. The van der Waals surface area contributed by atoms with Gasteiger partial charge in [0, 0.05) is 61.3 Å². The number of nitrogens with one attached hydrogen (secondary N) is 2. The number of carboxylic acid groups (broad SMARTS) is 2. The maximum atomic E-state index is 13.3. The van der Waals surface area contributed by atoms with E-state index < -0.39 is 24.3 Å². The van der Waals surface area contributed by atoms with Gasteiger partial charge < -0.3 is 68.1 Å². The number of nitrogens with zero attached hydrogens (tertiary/aromatic N) is 4. The Morgan fingerprint density at radius 2 is 0.779 bits per heavy atom. The Kier molecular flexibility index (Phi) is 21.1. The maximum absolute atomic E-state index is 13.3. The highest BCUT2D eigenvalue weighted by Crippen LogP contribution is 2.34. The van der Waals surface area contributed by atoms with Crippen molar-refractivity contribution in [3.8, 4) is 45.3 Å². The molecule has 0 radical (unpaired) electrons. The number of alkyl halides is 6. The number of likely N-dealkylation sites (N-methyl/N-ethyl adjacent to an activating group) is 2. The van der Waals surface area contributed by atoms with Crippen LogP contribution in [0.4, 0.5) is 26.3 Å². The van der Waals surface area contributed by atoms with Crippen molar-refractivity contribution in [2.24, 2.45) is 0 Å². The van der Waals surface area contributed by atoms with E-state index in [1.807, 2.05) is 94.7 Å². The number of fused-ring (bicyclic) bond motifs is 2. The number of aliphatic carboxylic acids is 2. The van der Waals surface area contributed by atoms with Crippen molar-refractivity contribution in [2.75, 3.05) is 94.1 Å². The van der Waals surface area contributed by atoms with Crippen molar-refractivity contribution in [1.82, 2.24) is 20.4 Å². The first-order chi connectivity index (χ1) is 40.6. The highest BCUT2D eigenvalue weighted by molar-refractivity contribution is 5.97. The van der Waals surface area contributed by atoms with Crippen LogP contribution < -0.4 is 39.8 Å². The Balaban J connectivity index is 0.000000201. The number of rotatable bonds is 10. The molecule has 456 valence electrons. The van der Waals surface area contributed by atoms with Crippen LogP contribution in [-0.2, 0) is 22.7 Å². The van der Waals surface area contributed by atoms with E-state index in [0.717, 1.165) is 108 Å². The third kappa shape index (κ3) is 18.4. The first-order valence-electron chi connectivity index (χ1n) is 27.2. The Morgan fingerprint density at radius 3 is 1.14 bits per heavy atom. The SMILES string of the molecule is C[N+]1(C)CCCN(C(=O)c2cccc(-c3cccc(CNC(=O)c4ccc5c(c4)OCO5)c3)c2)CC1.C[N+]1(C)CCCN(C(=O)c2cccc(-c3cccc(CNC(=O)c4ccc5c(c4)OCO5)c3)c2)CC1.O=C([O-])C(F)(F)F.O=C([O-])C(F)(F)F. The molecule has 6 aromatic rings. The lowest BCUT2D eigenvalue weighted by atomic mass is 10.0. The van der Waals surface area contributed by atoms with Crippen LogP contribution in [0.3, 0.4) is 0 Å². The predicted octanol–water partition coefficient (Wildman–Crippen LogP) is 6.47. The summed E-state index contributed by atoms with van der Waals surface area (Å²) < 4.78 is 86.3. The van der Waals surface area contributed by atoms with Crippen LogP contribution in [0.15, 0.2) is 133 Å². The van der Waals surface area contributed by atoms with E-state index in [4.69, 9.17) is 38.7 Å². The molecule has 2 N–H and O–H groups in total. The highest BCUT2D eigenvalue weighted by Gasteiger charge is 2.31. The molecule has 6 aromatic carbocycles. The molecular formula is C62H64F6N6O12. The molecule has 0 atom stereocenters. The van der Waals surface area contributed by atoms with Gasteiger partial charge in [0.2, 0.25) is 13.6 Å². The van der Waals surface area contributed by atoms with Crippen LogP contribution in [0, 0.1) is 0 Å². The molecule has 2 saturated heterocycles. The number of ether oxygens (including phenoxy) is 4. The molecule has 2 fully saturated rings. The van der Waals surface area contributed by atoms with Gasteiger partial charge in [-0.15, -0.1) is 0 Å². The van der Waals surface area contributed by atoms with Gasteiger partial charge >= 0.3 is 12.4 Å². The lowest BCUT2D eigenvalue weighted by Crippen LogP contribution is -2.43. The number of halogens is 6. The van der Waals surface area contributed by atoms with Gasteiger partial charge in [0.25, 0.3) is 23.6 Å². The molecule has 0 aromatic heterocycles. The Bertz CT molecular complexity index is 3210. The molecule has 18 nitrogen and oxygen atoms in total. The number of benzene rings is 6. The van der Waals surface area contributed by atoms with Gasteiger partial charge in [0.1, 0.15) is 11.9 Å². The van der Waals surface area contributed by atoms with E-state index in [0.29, 0.717) is 58.3 Å². The third-order valence-corrected chi connectivity index (χ3v) is 14.3. The van der Waals surface area contributed by atoms with Gasteiger partial charge in [0.05, 0.1) is 67.5 Å². The van der Waals surface area contributed by atoms with E-state index in [-0.39, 0.29) is 37.2 Å². The molecule has 0 unspecified atom stereocenters. The zero-order chi connectivity index (χ0) is 62.4. The second-order valence-electron chi connectivity index (χ2n) is 21.7. The van der Waals surface area contributed by atoms with Gasteiger partial charge in [-0.25, -0.2) is 0 Å². The fourth-order valence-electron chi connectivity index (χ4n) is 9.41. The summed E-state index contributed by atoms with van der Waals surface area (Å²) in [5.41, 5.74) is 8.40. The summed E-state index contributed by atoms with van der Waals surface area (Å²) in [6, 6.07) is 42.0. The standard InChI is InChI=1S/2C29H31N3O4.2C2HF3O2/c2*1-32(2)14-5-12-31(13-15-32)29(34)25-9-4-8-23(17-25)22-7-3-6-21(16-22)19-30-28(33)24-10-11-26-27(18-24)36-20-35-26;2*3-2(4,5)1(6)7/h2*3-4,6-11,16-18H,5,12-15,19-20H2,1-2H3;2*(H,6,7). The number of carbonyl (C=O) groups excluding carboxylic acids is 6. The number of quaternary nitrogens is 2. The van der Waals surface area contributed by atoms with Crippen molar-refractivity contribution in [3.63, 3.8) is 0 Å². The smallest absolute Gasteiger partial charge is 0.430 e. The summed E-state index contributed by atoms with van der Waals surface area (Å²) in [5, 5.41) is 23.5. The fraction of sp³-hybridized carbons (Fsp3) is 0.323. The molecule has 86 heavy (non-hydrogen) atoms. The van der Waals surface area contributed by atoms with Gasteiger partial charge in [-0.2, -0.15) is 26.3 Å². The molecule has 10 rings (SSSR count). The van der Waals surface area contributed by atoms with Crippen LogP contribution in [0.25, 0.3) is 22.3 Å².